The Bertz CT molecular complexity index is 195. The molecule has 0 radical (unpaired) electrons. The van der Waals surface area contributed by atoms with E-state index < -0.39 is 18.4 Å². The Morgan fingerprint density at radius 1 is 1.46 bits per heavy atom. The summed E-state index contributed by atoms with van der Waals surface area (Å²) in [5.41, 5.74) is 0. The van der Waals surface area contributed by atoms with Crippen LogP contribution in [0.15, 0.2) is 0 Å². The molecule has 0 aliphatic rings. The lowest BCUT2D eigenvalue weighted by atomic mass is 10.2. The van der Waals surface area contributed by atoms with E-state index in [1.165, 1.54) is 21.1 Å². The minimum atomic E-state index is -0.817. The number of nitriles is 1. The second-order valence-corrected chi connectivity index (χ2v) is 2.36. The van der Waals surface area contributed by atoms with Crippen molar-refractivity contribution in [2.75, 3.05) is 14.2 Å². The Balaban J connectivity index is 3.97. The van der Waals surface area contributed by atoms with E-state index in [4.69, 9.17) is 14.7 Å². The van der Waals surface area contributed by atoms with Gasteiger partial charge in [-0.2, -0.15) is 5.26 Å². The Morgan fingerprint density at radius 3 is 2.31 bits per heavy atom. The molecule has 0 bridgehead atoms. The highest BCUT2D eigenvalue weighted by Crippen LogP contribution is 2.05. The topological polar surface area (TPSA) is 68.5 Å². The van der Waals surface area contributed by atoms with Gasteiger partial charge in [0.1, 0.15) is 6.07 Å². The standard InChI is InChI=1S/C8H13NO4/c1-6(10)13-7(5-9)4-8(11-2)12-3/h7-8H,4H2,1-3H3. The third kappa shape index (κ3) is 5.17. The van der Waals surface area contributed by atoms with Crippen molar-refractivity contribution < 1.29 is 19.0 Å². The summed E-state index contributed by atoms with van der Waals surface area (Å²) >= 11 is 0. The van der Waals surface area contributed by atoms with E-state index in [1.807, 2.05) is 6.07 Å². The smallest absolute Gasteiger partial charge is 0.303 e. The van der Waals surface area contributed by atoms with E-state index in [9.17, 15) is 4.79 Å². The van der Waals surface area contributed by atoms with Gasteiger partial charge in [-0.25, -0.2) is 0 Å². The van der Waals surface area contributed by atoms with Crippen LogP contribution in [0.3, 0.4) is 0 Å². The van der Waals surface area contributed by atoms with E-state index in [1.54, 1.807) is 0 Å². The maximum atomic E-state index is 10.5. The quantitative estimate of drug-likeness (QED) is 0.461. The largest absolute Gasteiger partial charge is 0.447 e. The molecule has 5 heteroatoms. The molecule has 0 aromatic carbocycles. The highest BCUT2D eigenvalue weighted by atomic mass is 16.7. The van der Waals surface area contributed by atoms with Crippen LogP contribution in [0.5, 0.6) is 0 Å². The number of hydrogen-bond acceptors (Lipinski definition) is 5. The zero-order valence-corrected chi connectivity index (χ0v) is 7.94. The van der Waals surface area contributed by atoms with E-state index >= 15 is 0 Å². The van der Waals surface area contributed by atoms with Crippen LogP contribution in [0.4, 0.5) is 0 Å². The highest BCUT2D eigenvalue weighted by molar-refractivity contribution is 5.66. The average Bonchev–Trinajstić information content (AvgIpc) is 2.11. The van der Waals surface area contributed by atoms with Crippen LogP contribution < -0.4 is 0 Å². The first-order valence-corrected chi connectivity index (χ1v) is 3.76. The number of carbonyl (C=O) groups excluding carboxylic acids is 1. The SMILES string of the molecule is COC(CC(C#N)OC(C)=O)OC. The van der Waals surface area contributed by atoms with Crippen molar-refractivity contribution in [3.05, 3.63) is 0 Å². The number of rotatable bonds is 5. The summed E-state index contributed by atoms with van der Waals surface area (Å²) in [5, 5.41) is 8.58. The number of nitrogens with zero attached hydrogens (tertiary/aromatic N) is 1. The number of ether oxygens (including phenoxy) is 3. The van der Waals surface area contributed by atoms with Gasteiger partial charge in [0.05, 0.1) is 0 Å². The Labute approximate surface area is 77.2 Å². The van der Waals surface area contributed by atoms with Gasteiger partial charge in [-0.1, -0.05) is 0 Å². The van der Waals surface area contributed by atoms with E-state index in [2.05, 4.69) is 4.74 Å². The minimum absolute atomic E-state index is 0.211. The van der Waals surface area contributed by atoms with Crippen LogP contribution in [-0.4, -0.2) is 32.6 Å². The molecule has 0 aromatic rings. The summed E-state index contributed by atoms with van der Waals surface area (Å²) in [5.74, 6) is -0.488. The molecule has 0 saturated carbocycles. The zero-order valence-electron chi connectivity index (χ0n) is 7.94. The van der Waals surface area contributed by atoms with Crippen LogP contribution in [-0.2, 0) is 19.0 Å². The number of esters is 1. The summed E-state index contributed by atoms with van der Waals surface area (Å²) < 4.78 is 14.4. The summed E-state index contributed by atoms with van der Waals surface area (Å²) in [6.45, 7) is 1.25. The molecule has 0 aliphatic heterocycles. The van der Waals surface area contributed by atoms with Crippen LogP contribution in [0.25, 0.3) is 0 Å². The number of hydrogen-bond donors (Lipinski definition) is 0. The summed E-state index contributed by atoms with van der Waals surface area (Å²) in [4.78, 5) is 10.5. The predicted molar refractivity (Wildman–Crippen MR) is 43.6 cm³/mol. The predicted octanol–water partition coefficient (Wildman–Crippen LogP) is 0.451. The first kappa shape index (κ1) is 11.9. The van der Waals surface area contributed by atoms with Crippen molar-refractivity contribution in [2.45, 2.75) is 25.7 Å². The van der Waals surface area contributed by atoms with Gasteiger partial charge in [0.25, 0.3) is 0 Å². The summed E-state index contributed by atoms with van der Waals surface area (Å²) in [6, 6.07) is 1.83. The maximum absolute atomic E-state index is 10.5. The Morgan fingerprint density at radius 2 is 2.00 bits per heavy atom. The summed E-state index contributed by atoms with van der Waals surface area (Å²) in [7, 11) is 2.91. The third-order valence-electron chi connectivity index (χ3n) is 1.38. The molecule has 5 nitrogen and oxygen atoms in total. The molecule has 0 rings (SSSR count). The molecule has 0 amide bonds. The first-order chi connectivity index (χ1) is 6.13. The molecular formula is C8H13NO4. The Kier molecular flexibility index (Phi) is 5.85. The second-order valence-electron chi connectivity index (χ2n) is 2.36. The van der Waals surface area contributed by atoms with Crippen molar-refractivity contribution in [3.63, 3.8) is 0 Å². The lowest BCUT2D eigenvalue weighted by molar-refractivity contribution is -0.152. The molecule has 0 aromatic heterocycles. The lowest BCUT2D eigenvalue weighted by Crippen LogP contribution is -2.24. The molecule has 0 aliphatic carbocycles. The van der Waals surface area contributed by atoms with E-state index in [0.29, 0.717) is 0 Å². The van der Waals surface area contributed by atoms with Gasteiger partial charge in [-0.15, -0.1) is 0 Å². The molecule has 0 heterocycles. The van der Waals surface area contributed by atoms with Crippen LogP contribution >= 0.6 is 0 Å². The van der Waals surface area contributed by atoms with Gasteiger partial charge in [-0.05, 0) is 0 Å². The summed E-state index contributed by atoms with van der Waals surface area (Å²) in [6.07, 6.45) is -1.13. The van der Waals surface area contributed by atoms with Gasteiger partial charge in [0, 0.05) is 27.6 Å². The average molecular weight is 187 g/mol. The Hall–Kier alpha value is -1.12. The van der Waals surface area contributed by atoms with Crippen LogP contribution in [0.2, 0.25) is 0 Å². The molecule has 0 spiro atoms. The molecule has 1 unspecified atom stereocenters. The molecule has 0 N–H and O–H groups in total. The number of methoxy groups -OCH3 is 2. The van der Waals surface area contributed by atoms with Crippen LogP contribution in [0, 0.1) is 11.3 Å². The molecule has 1 atom stereocenters. The zero-order chi connectivity index (χ0) is 10.3. The van der Waals surface area contributed by atoms with Crippen LogP contribution in [0.1, 0.15) is 13.3 Å². The normalized spacial score (nSPS) is 12.2. The lowest BCUT2D eigenvalue weighted by Gasteiger charge is -2.16. The third-order valence-corrected chi connectivity index (χ3v) is 1.38. The van der Waals surface area contributed by atoms with Crippen molar-refractivity contribution >= 4 is 5.97 Å². The molecular weight excluding hydrogens is 174 g/mol. The van der Waals surface area contributed by atoms with Crippen molar-refractivity contribution in [2.24, 2.45) is 0 Å². The van der Waals surface area contributed by atoms with E-state index in [0.717, 1.165) is 0 Å². The van der Waals surface area contributed by atoms with Crippen molar-refractivity contribution in [3.8, 4) is 6.07 Å². The maximum Gasteiger partial charge on any atom is 0.303 e. The fourth-order valence-corrected chi connectivity index (χ4v) is 0.791. The molecule has 0 saturated heterocycles. The van der Waals surface area contributed by atoms with Gasteiger partial charge in [0.2, 0.25) is 0 Å². The van der Waals surface area contributed by atoms with Gasteiger partial charge in [0.15, 0.2) is 12.4 Å². The van der Waals surface area contributed by atoms with Crippen molar-refractivity contribution in [1.29, 1.82) is 5.26 Å². The molecule has 0 fully saturated rings. The highest BCUT2D eigenvalue weighted by Gasteiger charge is 2.17. The van der Waals surface area contributed by atoms with Crippen molar-refractivity contribution in [1.82, 2.24) is 0 Å². The van der Waals surface area contributed by atoms with Gasteiger partial charge in [-0.3, -0.25) is 4.79 Å². The first-order valence-electron chi connectivity index (χ1n) is 3.76. The monoisotopic (exact) mass is 187 g/mol. The fourth-order valence-electron chi connectivity index (χ4n) is 0.791. The van der Waals surface area contributed by atoms with Gasteiger partial charge < -0.3 is 14.2 Å². The molecule has 74 valence electrons. The van der Waals surface area contributed by atoms with E-state index in [-0.39, 0.29) is 6.42 Å². The second kappa shape index (κ2) is 6.40. The number of carbonyl (C=O) groups is 1. The minimum Gasteiger partial charge on any atom is -0.447 e. The van der Waals surface area contributed by atoms with Gasteiger partial charge >= 0.3 is 5.97 Å². The molecule has 13 heavy (non-hydrogen) atoms. The fraction of sp³-hybridized carbons (Fsp3) is 0.750.